The van der Waals surface area contributed by atoms with Gasteiger partial charge in [0.1, 0.15) is 0 Å². The van der Waals surface area contributed by atoms with E-state index < -0.39 is 0 Å². The molecule has 16 heavy (non-hydrogen) atoms. The van der Waals surface area contributed by atoms with E-state index in [1.807, 2.05) is 41.9 Å². The van der Waals surface area contributed by atoms with Crippen molar-refractivity contribution in [2.75, 3.05) is 14.2 Å². The minimum atomic E-state index is 0.737. The predicted octanol–water partition coefficient (Wildman–Crippen LogP) is 2.51. The molecule has 0 N–H and O–H groups in total. The van der Waals surface area contributed by atoms with Gasteiger partial charge in [-0.3, -0.25) is 0 Å². The van der Waals surface area contributed by atoms with Crippen molar-refractivity contribution in [1.82, 2.24) is 4.57 Å². The molecule has 3 heteroatoms. The maximum Gasteiger partial charge on any atom is 0.161 e. The molecule has 0 aliphatic rings. The molecule has 0 unspecified atom stereocenters. The number of aryl methyl sites for hydroxylation is 1. The lowest BCUT2D eigenvalue weighted by Crippen LogP contribution is -1.93. The van der Waals surface area contributed by atoms with E-state index in [0.29, 0.717) is 0 Å². The Balaban J connectivity index is 2.48. The smallest absolute Gasteiger partial charge is 0.161 e. The number of methoxy groups -OCH3 is 2. The third-order valence-electron chi connectivity index (χ3n) is 2.55. The molecule has 2 aromatic rings. The van der Waals surface area contributed by atoms with Gasteiger partial charge < -0.3 is 14.0 Å². The quantitative estimate of drug-likeness (QED) is 0.787. The van der Waals surface area contributed by atoms with Crippen molar-refractivity contribution in [2.24, 2.45) is 7.05 Å². The third kappa shape index (κ3) is 1.76. The van der Waals surface area contributed by atoms with Gasteiger partial charge >= 0.3 is 0 Å². The Morgan fingerprint density at radius 1 is 1.06 bits per heavy atom. The molecular weight excluding hydrogens is 202 g/mol. The van der Waals surface area contributed by atoms with E-state index in [-0.39, 0.29) is 0 Å². The van der Waals surface area contributed by atoms with Gasteiger partial charge in [0, 0.05) is 18.3 Å². The van der Waals surface area contributed by atoms with Crippen LogP contribution in [0.4, 0.5) is 0 Å². The van der Waals surface area contributed by atoms with Crippen LogP contribution in [0.15, 0.2) is 30.3 Å². The summed E-state index contributed by atoms with van der Waals surface area (Å²) in [4.78, 5) is 0. The highest BCUT2D eigenvalue weighted by Gasteiger charge is 2.07. The maximum absolute atomic E-state index is 5.27. The summed E-state index contributed by atoms with van der Waals surface area (Å²) in [7, 11) is 5.23. The third-order valence-corrected chi connectivity index (χ3v) is 2.55. The first-order valence-corrected chi connectivity index (χ1v) is 5.02. The van der Waals surface area contributed by atoms with E-state index in [1.54, 1.807) is 14.2 Å². The minimum Gasteiger partial charge on any atom is -0.493 e. The zero-order valence-corrected chi connectivity index (χ0v) is 9.65. The van der Waals surface area contributed by atoms with E-state index in [9.17, 15) is 0 Å². The van der Waals surface area contributed by atoms with Gasteiger partial charge in [0.2, 0.25) is 0 Å². The molecular formula is C13H14NO2. The minimum absolute atomic E-state index is 0.737. The van der Waals surface area contributed by atoms with E-state index >= 15 is 0 Å². The molecule has 0 bridgehead atoms. The number of hydrogen-bond donors (Lipinski definition) is 0. The number of benzene rings is 1. The van der Waals surface area contributed by atoms with Gasteiger partial charge in [-0.1, -0.05) is 0 Å². The van der Waals surface area contributed by atoms with Gasteiger partial charge in [-0.05, 0) is 30.3 Å². The summed E-state index contributed by atoms with van der Waals surface area (Å²) >= 11 is 0. The molecule has 1 heterocycles. The molecule has 0 fully saturated rings. The van der Waals surface area contributed by atoms with Crippen LogP contribution in [-0.2, 0) is 7.05 Å². The number of aromatic nitrogens is 1. The highest BCUT2D eigenvalue weighted by Crippen LogP contribution is 2.31. The van der Waals surface area contributed by atoms with E-state index in [1.165, 1.54) is 0 Å². The molecule has 0 amide bonds. The van der Waals surface area contributed by atoms with Gasteiger partial charge in [0.25, 0.3) is 0 Å². The zero-order valence-electron chi connectivity index (χ0n) is 9.65. The molecule has 0 spiro atoms. The molecule has 0 saturated carbocycles. The van der Waals surface area contributed by atoms with Crippen molar-refractivity contribution in [3.63, 3.8) is 0 Å². The first-order valence-electron chi connectivity index (χ1n) is 5.02. The maximum atomic E-state index is 5.27. The Kier molecular flexibility index (Phi) is 2.86. The number of ether oxygens (including phenoxy) is 2. The molecule has 0 atom stereocenters. The van der Waals surface area contributed by atoms with Crippen LogP contribution in [-0.4, -0.2) is 18.8 Å². The fourth-order valence-corrected chi connectivity index (χ4v) is 1.69. The molecule has 1 radical (unpaired) electrons. The Labute approximate surface area is 95.2 Å². The largest absolute Gasteiger partial charge is 0.493 e. The van der Waals surface area contributed by atoms with Crippen LogP contribution in [0.3, 0.4) is 0 Å². The lowest BCUT2D eigenvalue weighted by atomic mass is 10.1. The lowest BCUT2D eigenvalue weighted by molar-refractivity contribution is 0.355. The highest BCUT2D eigenvalue weighted by molar-refractivity contribution is 5.64. The fraction of sp³-hybridized carbons (Fsp3) is 0.231. The molecule has 1 aromatic carbocycles. The van der Waals surface area contributed by atoms with Crippen molar-refractivity contribution in [3.8, 4) is 22.8 Å². The van der Waals surface area contributed by atoms with Crippen LogP contribution in [0.25, 0.3) is 11.3 Å². The van der Waals surface area contributed by atoms with Crippen LogP contribution < -0.4 is 9.47 Å². The Bertz CT molecular complexity index is 488. The summed E-state index contributed by atoms with van der Waals surface area (Å²) in [5.41, 5.74) is 2.18. The summed E-state index contributed by atoms with van der Waals surface area (Å²) in [6.45, 7) is 0. The first-order chi connectivity index (χ1) is 7.76. The van der Waals surface area contributed by atoms with Crippen molar-refractivity contribution in [3.05, 3.63) is 36.5 Å². The predicted molar refractivity (Wildman–Crippen MR) is 62.8 cm³/mol. The van der Waals surface area contributed by atoms with Gasteiger partial charge in [-0.25, -0.2) is 0 Å². The SMILES string of the molecule is COc1ccc(-c2cc[c]n2C)cc1OC. The van der Waals surface area contributed by atoms with Gasteiger partial charge in [-0.15, -0.1) is 0 Å². The second-order valence-electron chi connectivity index (χ2n) is 3.48. The van der Waals surface area contributed by atoms with Crippen molar-refractivity contribution in [1.29, 1.82) is 0 Å². The van der Waals surface area contributed by atoms with E-state index in [0.717, 1.165) is 22.8 Å². The number of rotatable bonds is 3. The summed E-state index contributed by atoms with van der Waals surface area (Å²) < 4.78 is 12.4. The van der Waals surface area contributed by atoms with Crippen molar-refractivity contribution < 1.29 is 9.47 Å². The van der Waals surface area contributed by atoms with Crippen LogP contribution >= 0.6 is 0 Å². The van der Waals surface area contributed by atoms with Crippen molar-refractivity contribution >= 4 is 0 Å². The molecule has 2 rings (SSSR count). The molecule has 1 aromatic heterocycles. The number of nitrogens with zero attached hydrogens (tertiary/aromatic N) is 1. The summed E-state index contributed by atoms with van der Waals surface area (Å²) in [5.74, 6) is 1.48. The van der Waals surface area contributed by atoms with Crippen molar-refractivity contribution in [2.45, 2.75) is 0 Å². The Hall–Kier alpha value is -1.90. The second-order valence-corrected chi connectivity index (χ2v) is 3.48. The molecule has 0 saturated heterocycles. The van der Waals surface area contributed by atoms with Crippen LogP contribution in [0.5, 0.6) is 11.5 Å². The topological polar surface area (TPSA) is 23.4 Å². The van der Waals surface area contributed by atoms with E-state index in [2.05, 4.69) is 6.20 Å². The molecule has 3 nitrogen and oxygen atoms in total. The standard InChI is InChI=1S/C13H14NO2/c1-14-8-4-5-11(14)10-6-7-12(15-2)13(9-10)16-3/h4-7,9H,1-3H3. The monoisotopic (exact) mass is 216 g/mol. The van der Waals surface area contributed by atoms with Crippen LogP contribution in [0.1, 0.15) is 0 Å². The van der Waals surface area contributed by atoms with Gasteiger partial charge in [0.15, 0.2) is 11.5 Å². The molecule has 83 valence electrons. The zero-order chi connectivity index (χ0) is 11.5. The lowest BCUT2D eigenvalue weighted by Gasteiger charge is -2.10. The Morgan fingerprint density at radius 3 is 2.38 bits per heavy atom. The van der Waals surface area contributed by atoms with E-state index in [4.69, 9.17) is 9.47 Å². The molecule has 0 aliphatic carbocycles. The normalized spacial score (nSPS) is 10.2. The Morgan fingerprint density at radius 2 is 1.81 bits per heavy atom. The summed E-state index contributed by atoms with van der Waals surface area (Å²) in [5, 5.41) is 0. The van der Waals surface area contributed by atoms with Crippen LogP contribution in [0.2, 0.25) is 0 Å². The van der Waals surface area contributed by atoms with Gasteiger partial charge in [0.05, 0.1) is 20.4 Å². The summed E-state index contributed by atoms with van der Waals surface area (Å²) in [6, 6.07) is 9.78. The summed E-state index contributed by atoms with van der Waals surface area (Å²) in [6.07, 6.45) is 3.08. The average Bonchev–Trinajstić information content (AvgIpc) is 2.74. The number of hydrogen-bond acceptors (Lipinski definition) is 2. The second kappa shape index (κ2) is 4.31. The molecule has 0 aliphatic heterocycles. The first kappa shape index (κ1) is 10.6. The highest BCUT2D eigenvalue weighted by atomic mass is 16.5. The van der Waals surface area contributed by atoms with Gasteiger partial charge in [-0.2, -0.15) is 0 Å². The van der Waals surface area contributed by atoms with Crippen LogP contribution in [0, 0.1) is 6.20 Å². The average molecular weight is 216 g/mol. The fourth-order valence-electron chi connectivity index (χ4n) is 1.69.